The first-order valence-corrected chi connectivity index (χ1v) is 10.3. The van der Waals surface area contributed by atoms with Crippen LogP contribution in [0.15, 0.2) is 89.9 Å². The second-order valence-electron chi connectivity index (χ2n) is 6.64. The van der Waals surface area contributed by atoms with Gasteiger partial charge in [-0.15, -0.1) is 0 Å². The Morgan fingerprint density at radius 1 is 1.07 bits per heavy atom. The summed E-state index contributed by atoms with van der Waals surface area (Å²) < 4.78 is 25.1. The van der Waals surface area contributed by atoms with Crippen molar-refractivity contribution in [1.29, 1.82) is 0 Å². The van der Waals surface area contributed by atoms with Crippen molar-refractivity contribution >= 4 is 27.3 Å². The first-order chi connectivity index (χ1) is 13.1. The third-order valence-electron chi connectivity index (χ3n) is 4.34. The molecule has 1 aliphatic rings. The van der Waals surface area contributed by atoms with Gasteiger partial charge in [-0.25, -0.2) is 13.3 Å². The summed E-state index contributed by atoms with van der Waals surface area (Å²) in [5.41, 5.74) is 1.34. The molecule has 1 heterocycles. The largest absolute Gasteiger partial charge is 0.268 e. The van der Waals surface area contributed by atoms with E-state index in [4.69, 9.17) is 0 Å². The van der Waals surface area contributed by atoms with Gasteiger partial charge >= 0.3 is 0 Å². The van der Waals surface area contributed by atoms with Crippen molar-refractivity contribution in [2.45, 2.75) is 18.7 Å². The molecule has 1 aliphatic heterocycles. The number of hydrogen-bond donors (Lipinski definition) is 0. The molecule has 1 fully saturated rings. The Bertz CT molecular complexity index is 983. The van der Waals surface area contributed by atoms with Gasteiger partial charge in [0.15, 0.2) is 9.84 Å². The highest BCUT2D eigenvalue weighted by atomic mass is 32.2. The van der Waals surface area contributed by atoms with Crippen LogP contribution in [0.3, 0.4) is 0 Å². The van der Waals surface area contributed by atoms with E-state index in [1.807, 2.05) is 19.9 Å². The Morgan fingerprint density at radius 3 is 2.07 bits per heavy atom. The van der Waals surface area contributed by atoms with Gasteiger partial charge in [0.2, 0.25) is 0 Å². The molecule has 1 aromatic rings. The standard InChI is InChI=1S/C22H23NO4S/c1-6-8-18(15(2)3)9-7-14-28(26,27)20-12-10-19(11-13-20)23-21(24)16(4)17(5)22(23)25/h6-13,15H,1,4-5,14H2,2-3H3/b9-7-,18-8+. The normalized spacial score (nSPS) is 16.0. The van der Waals surface area contributed by atoms with Gasteiger partial charge < -0.3 is 0 Å². The molecule has 0 atom stereocenters. The van der Waals surface area contributed by atoms with Crippen LogP contribution in [0, 0.1) is 5.92 Å². The summed E-state index contributed by atoms with van der Waals surface area (Å²) in [5.74, 6) is -1.02. The molecule has 0 bridgehead atoms. The van der Waals surface area contributed by atoms with Crippen molar-refractivity contribution < 1.29 is 18.0 Å². The highest BCUT2D eigenvalue weighted by Gasteiger charge is 2.37. The first kappa shape index (κ1) is 21.3. The SMILES string of the molecule is C=C/C=C(\C=C/CS(=O)(=O)c1ccc(N2C(=O)C(=C)C(=C)C2=O)cc1)C(C)C. The Hall–Kier alpha value is -2.99. The van der Waals surface area contributed by atoms with Crippen LogP contribution in [0.5, 0.6) is 0 Å². The summed E-state index contributed by atoms with van der Waals surface area (Å²) in [6.45, 7) is 14.8. The van der Waals surface area contributed by atoms with E-state index in [2.05, 4.69) is 19.7 Å². The number of carbonyl (C=O) groups excluding carboxylic acids is 2. The number of hydrogen-bond acceptors (Lipinski definition) is 4. The van der Waals surface area contributed by atoms with Crippen molar-refractivity contribution in [2.24, 2.45) is 5.92 Å². The van der Waals surface area contributed by atoms with Crippen LogP contribution in [0.4, 0.5) is 5.69 Å². The molecule has 2 amide bonds. The zero-order valence-corrected chi connectivity index (χ0v) is 16.8. The molecule has 2 rings (SSSR count). The van der Waals surface area contributed by atoms with Gasteiger partial charge in [0, 0.05) is 11.1 Å². The lowest BCUT2D eigenvalue weighted by Crippen LogP contribution is -2.29. The summed E-state index contributed by atoms with van der Waals surface area (Å²) in [7, 11) is -3.55. The van der Waals surface area contributed by atoms with Gasteiger partial charge in [0.05, 0.1) is 16.3 Å². The minimum Gasteiger partial charge on any atom is -0.268 e. The molecule has 0 unspecified atom stereocenters. The maximum atomic E-state index is 12.5. The molecule has 0 N–H and O–H groups in total. The number of allylic oxidation sites excluding steroid dienone is 4. The van der Waals surface area contributed by atoms with Crippen LogP contribution in [0.25, 0.3) is 0 Å². The van der Waals surface area contributed by atoms with E-state index in [9.17, 15) is 18.0 Å². The molecule has 0 aromatic heterocycles. The maximum absolute atomic E-state index is 12.5. The minimum absolute atomic E-state index is 0.0420. The van der Waals surface area contributed by atoms with Crippen molar-refractivity contribution in [2.75, 3.05) is 10.7 Å². The molecule has 1 aromatic carbocycles. The Balaban J connectivity index is 2.20. The van der Waals surface area contributed by atoms with Crippen LogP contribution < -0.4 is 4.90 Å². The molecule has 0 spiro atoms. The lowest BCUT2D eigenvalue weighted by Gasteiger charge is -2.13. The monoisotopic (exact) mass is 397 g/mol. The van der Waals surface area contributed by atoms with E-state index in [1.165, 1.54) is 24.3 Å². The van der Waals surface area contributed by atoms with E-state index in [-0.39, 0.29) is 33.4 Å². The Labute approximate surface area is 166 Å². The van der Waals surface area contributed by atoms with Crippen LogP contribution in [-0.4, -0.2) is 26.0 Å². The molecule has 1 saturated heterocycles. The highest BCUT2D eigenvalue weighted by Crippen LogP contribution is 2.29. The molecule has 28 heavy (non-hydrogen) atoms. The third-order valence-corrected chi connectivity index (χ3v) is 5.97. The first-order valence-electron chi connectivity index (χ1n) is 8.69. The molecule has 0 aliphatic carbocycles. The second kappa shape index (κ2) is 8.35. The van der Waals surface area contributed by atoms with Crippen molar-refractivity contribution in [3.63, 3.8) is 0 Å². The Morgan fingerprint density at radius 2 is 1.61 bits per heavy atom. The number of amides is 2. The summed E-state index contributed by atoms with van der Waals surface area (Å²) in [4.78, 5) is 25.3. The molecule has 0 radical (unpaired) electrons. The highest BCUT2D eigenvalue weighted by molar-refractivity contribution is 7.91. The summed E-state index contributed by atoms with van der Waals surface area (Å²) in [5, 5.41) is 0. The summed E-state index contributed by atoms with van der Waals surface area (Å²) in [6.07, 6.45) is 6.88. The number of imide groups is 1. The lowest BCUT2D eigenvalue weighted by molar-refractivity contribution is -0.119. The van der Waals surface area contributed by atoms with Crippen molar-refractivity contribution in [3.8, 4) is 0 Å². The van der Waals surface area contributed by atoms with E-state index in [0.29, 0.717) is 0 Å². The zero-order valence-electron chi connectivity index (χ0n) is 16.0. The molecule has 5 nitrogen and oxygen atoms in total. The lowest BCUT2D eigenvalue weighted by atomic mass is 10.0. The van der Waals surface area contributed by atoms with Gasteiger partial charge in [-0.3, -0.25) is 9.59 Å². The van der Waals surface area contributed by atoms with E-state index >= 15 is 0 Å². The van der Waals surface area contributed by atoms with Crippen LogP contribution in [0.2, 0.25) is 0 Å². The molecule has 6 heteroatoms. The van der Waals surface area contributed by atoms with Gasteiger partial charge in [0.25, 0.3) is 11.8 Å². The summed E-state index contributed by atoms with van der Waals surface area (Å²) in [6, 6.07) is 5.61. The fourth-order valence-corrected chi connectivity index (χ4v) is 3.73. The smallest absolute Gasteiger partial charge is 0.265 e. The van der Waals surface area contributed by atoms with Gasteiger partial charge in [-0.2, -0.15) is 0 Å². The fourth-order valence-electron chi connectivity index (χ4n) is 2.64. The van der Waals surface area contributed by atoms with E-state index < -0.39 is 21.7 Å². The average molecular weight is 397 g/mol. The minimum atomic E-state index is -3.55. The van der Waals surface area contributed by atoms with E-state index in [0.717, 1.165) is 10.5 Å². The van der Waals surface area contributed by atoms with Crippen LogP contribution in [-0.2, 0) is 19.4 Å². The van der Waals surface area contributed by atoms with Gasteiger partial charge in [-0.05, 0) is 35.8 Å². The number of benzene rings is 1. The number of sulfone groups is 1. The Kier molecular flexibility index (Phi) is 6.36. The van der Waals surface area contributed by atoms with Crippen LogP contribution in [0.1, 0.15) is 13.8 Å². The topological polar surface area (TPSA) is 71.5 Å². The summed E-state index contributed by atoms with van der Waals surface area (Å²) >= 11 is 0. The number of rotatable bonds is 7. The third kappa shape index (κ3) is 4.28. The fraction of sp³-hybridized carbons (Fsp3) is 0.182. The molecular weight excluding hydrogens is 374 g/mol. The predicted octanol–water partition coefficient (Wildman–Crippen LogP) is 3.77. The van der Waals surface area contributed by atoms with Crippen LogP contribution >= 0.6 is 0 Å². The maximum Gasteiger partial charge on any atom is 0.265 e. The number of nitrogens with zero attached hydrogens (tertiary/aromatic N) is 1. The number of carbonyl (C=O) groups is 2. The molecule has 146 valence electrons. The second-order valence-corrected chi connectivity index (χ2v) is 8.67. The zero-order chi connectivity index (χ0) is 21.1. The quantitative estimate of drug-likeness (QED) is 0.399. The predicted molar refractivity (Wildman–Crippen MR) is 112 cm³/mol. The molecule has 0 saturated carbocycles. The van der Waals surface area contributed by atoms with Gasteiger partial charge in [-0.1, -0.05) is 57.9 Å². The van der Waals surface area contributed by atoms with E-state index in [1.54, 1.807) is 18.2 Å². The van der Waals surface area contributed by atoms with Gasteiger partial charge in [0.1, 0.15) is 0 Å². The molecular formula is C22H23NO4S. The number of anilines is 1. The van der Waals surface area contributed by atoms with Crippen molar-refractivity contribution in [3.05, 3.63) is 85.0 Å². The van der Waals surface area contributed by atoms with Crippen molar-refractivity contribution in [1.82, 2.24) is 0 Å². The average Bonchev–Trinajstić information content (AvgIpc) is 2.84.